The van der Waals surface area contributed by atoms with Crippen molar-refractivity contribution < 1.29 is 14.3 Å². The lowest BCUT2D eigenvalue weighted by Crippen LogP contribution is -2.57. The average molecular weight is 457 g/mol. The number of carbonyl (C=O) groups is 2. The van der Waals surface area contributed by atoms with Crippen molar-refractivity contribution in [1.29, 1.82) is 0 Å². The molecule has 1 saturated heterocycles. The predicted octanol–water partition coefficient (Wildman–Crippen LogP) is 4.92. The Bertz CT molecular complexity index is 905. The quantitative estimate of drug-likeness (QED) is 0.486. The topological polar surface area (TPSA) is 58.6 Å². The van der Waals surface area contributed by atoms with Crippen molar-refractivity contribution in [1.82, 2.24) is 10.4 Å². The third kappa shape index (κ3) is 4.02. The van der Waals surface area contributed by atoms with Crippen LogP contribution in [0.5, 0.6) is 5.75 Å². The molecule has 0 radical (unpaired) electrons. The van der Waals surface area contributed by atoms with Crippen LogP contribution in [0.3, 0.4) is 0 Å². The maximum atomic E-state index is 13.3. The molecule has 5 fully saturated rings. The second kappa shape index (κ2) is 8.24. The number of carbonyl (C=O) groups excluding carboxylic acids is 2. The molecule has 4 bridgehead atoms. The summed E-state index contributed by atoms with van der Waals surface area (Å²) < 4.78 is 6.00. The van der Waals surface area contributed by atoms with Gasteiger partial charge in [-0.05, 0) is 98.7 Å². The average Bonchev–Trinajstić information content (AvgIpc) is 2.99. The highest BCUT2D eigenvalue weighted by Gasteiger charge is 2.55. The van der Waals surface area contributed by atoms with Crippen LogP contribution in [0.4, 0.5) is 0 Å². The van der Waals surface area contributed by atoms with Crippen molar-refractivity contribution in [3.63, 3.8) is 0 Å². The zero-order valence-electron chi connectivity index (χ0n) is 17.8. The lowest BCUT2D eigenvalue weighted by Gasteiger charge is -2.55. The van der Waals surface area contributed by atoms with E-state index in [0.717, 1.165) is 37.0 Å². The molecule has 0 spiro atoms. The number of hydrogen-bond acceptors (Lipinski definition) is 5. The van der Waals surface area contributed by atoms with E-state index in [1.807, 2.05) is 30.3 Å². The highest BCUT2D eigenvalue weighted by molar-refractivity contribution is 8.26. The van der Waals surface area contributed by atoms with Gasteiger partial charge in [0.1, 0.15) is 5.75 Å². The zero-order chi connectivity index (χ0) is 21.6. The third-order valence-corrected chi connectivity index (χ3v) is 8.48. The molecule has 0 aromatic heterocycles. The first-order valence-corrected chi connectivity index (χ1v) is 12.5. The Hall–Kier alpha value is -1.86. The summed E-state index contributed by atoms with van der Waals surface area (Å²) >= 11 is 6.67. The number of hydrazine groups is 1. The minimum absolute atomic E-state index is 0.0124. The Labute approximate surface area is 192 Å². The standard InChI is InChI=1S/C24H28N2O3S2/c1-2-7-29-19-5-3-15(4-6-19)11-20-21(27)26(23(30)31-20)25-22(28)24-12-16-8-17(13-24)10-18(9-16)14-24/h3-6,11,16-18H,2,7-10,12-14H2,1H3,(H,25,28)/b20-11-. The molecular formula is C24H28N2O3S2. The Kier molecular flexibility index (Phi) is 5.59. The Morgan fingerprint density at radius 1 is 1.19 bits per heavy atom. The van der Waals surface area contributed by atoms with Gasteiger partial charge in [-0.15, -0.1) is 0 Å². The van der Waals surface area contributed by atoms with Crippen LogP contribution in [0.25, 0.3) is 6.08 Å². The monoisotopic (exact) mass is 456 g/mol. The van der Waals surface area contributed by atoms with Gasteiger partial charge in [-0.3, -0.25) is 15.0 Å². The first-order valence-electron chi connectivity index (χ1n) is 11.3. The van der Waals surface area contributed by atoms with Gasteiger partial charge in [0.25, 0.3) is 5.91 Å². The molecule has 7 heteroatoms. The highest BCUT2D eigenvalue weighted by Crippen LogP contribution is 2.60. The Morgan fingerprint density at radius 3 is 2.39 bits per heavy atom. The third-order valence-electron chi connectivity index (χ3n) is 7.18. The Morgan fingerprint density at radius 2 is 1.81 bits per heavy atom. The summed E-state index contributed by atoms with van der Waals surface area (Å²) in [5.74, 6) is 2.57. The van der Waals surface area contributed by atoms with Crippen LogP contribution in [-0.4, -0.2) is 27.8 Å². The fourth-order valence-corrected chi connectivity index (χ4v) is 7.38. The second-order valence-corrected chi connectivity index (χ2v) is 11.2. The molecule has 1 aromatic rings. The van der Waals surface area contributed by atoms with Crippen LogP contribution in [0, 0.1) is 23.2 Å². The maximum absolute atomic E-state index is 13.3. The molecule has 4 aliphatic carbocycles. The van der Waals surface area contributed by atoms with Gasteiger partial charge in [0.05, 0.1) is 16.9 Å². The van der Waals surface area contributed by atoms with Gasteiger partial charge < -0.3 is 4.74 Å². The van der Waals surface area contributed by atoms with Crippen molar-refractivity contribution in [3.8, 4) is 5.75 Å². The summed E-state index contributed by atoms with van der Waals surface area (Å²) in [4.78, 5) is 26.9. The minimum atomic E-state index is -0.309. The number of ether oxygens (including phenoxy) is 1. The van der Waals surface area contributed by atoms with Gasteiger partial charge in [-0.1, -0.05) is 30.8 Å². The summed E-state index contributed by atoms with van der Waals surface area (Å²) in [5.41, 5.74) is 3.50. The molecule has 1 aromatic carbocycles. The van der Waals surface area contributed by atoms with Crippen LogP contribution in [-0.2, 0) is 9.59 Å². The number of benzene rings is 1. The van der Waals surface area contributed by atoms with Crippen molar-refractivity contribution in [2.75, 3.05) is 6.61 Å². The van der Waals surface area contributed by atoms with Crippen molar-refractivity contribution >= 4 is 46.2 Å². The summed E-state index contributed by atoms with van der Waals surface area (Å²) in [7, 11) is 0. The number of hydrogen-bond donors (Lipinski definition) is 1. The lowest BCUT2D eigenvalue weighted by molar-refractivity contribution is -0.152. The molecule has 1 N–H and O–H groups in total. The van der Waals surface area contributed by atoms with Gasteiger partial charge in [0.2, 0.25) is 5.91 Å². The van der Waals surface area contributed by atoms with Crippen LogP contribution in [0.2, 0.25) is 0 Å². The molecule has 0 unspecified atom stereocenters. The van der Waals surface area contributed by atoms with Gasteiger partial charge in [-0.2, -0.15) is 5.01 Å². The van der Waals surface area contributed by atoms with E-state index in [-0.39, 0.29) is 17.2 Å². The fraction of sp³-hybridized carbons (Fsp3) is 0.542. The van der Waals surface area contributed by atoms with E-state index in [4.69, 9.17) is 17.0 Å². The number of thioether (sulfide) groups is 1. The van der Waals surface area contributed by atoms with Crippen LogP contribution in [0.15, 0.2) is 29.2 Å². The van der Waals surface area contributed by atoms with Crippen molar-refractivity contribution in [2.45, 2.75) is 51.9 Å². The number of rotatable bonds is 6. The Balaban J connectivity index is 1.27. The van der Waals surface area contributed by atoms with E-state index in [9.17, 15) is 9.59 Å². The molecule has 31 heavy (non-hydrogen) atoms. The summed E-state index contributed by atoms with van der Waals surface area (Å²) in [6.45, 7) is 2.75. The van der Waals surface area contributed by atoms with Crippen molar-refractivity contribution in [3.05, 3.63) is 34.7 Å². The van der Waals surface area contributed by atoms with E-state index in [1.54, 1.807) is 0 Å². The molecule has 4 saturated carbocycles. The summed E-state index contributed by atoms with van der Waals surface area (Å²) in [6.07, 6.45) is 9.49. The maximum Gasteiger partial charge on any atom is 0.285 e. The molecule has 164 valence electrons. The van der Waals surface area contributed by atoms with Crippen LogP contribution in [0.1, 0.15) is 57.4 Å². The molecular weight excluding hydrogens is 428 g/mol. The normalized spacial score (nSPS) is 32.7. The number of nitrogens with zero attached hydrogens (tertiary/aromatic N) is 1. The van der Waals surface area contributed by atoms with Crippen LogP contribution < -0.4 is 10.2 Å². The summed E-state index contributed by atoms with van der Waals surface area (Å²) in [6, 6.07) is 7.64. The van der Waals surface area contributed by atoms with E-state index in [0.29, 0.717) is 33.6 Å². The van der Waals surface area contributed by atoms with Gasteiger partial charge in [0, 0.05) is 0 Å². The number of amides is 2. The van der Waals surface area contributed by atoms with Crippen LogP contribution >= 0.6 is 24.0 Å². The first-order chi connectivity index (χ1) is 15.0. The lowest BCUT2D eigenvalue weighted by atomic mass is 9.49. The smallest absolute Gasteiger partial charge is 0.285 e. The molecule has 1 aliphatic heterocycles. The van der Waals surface area contributed by atoms with E-state index >= 15 is 0 Å². The minimum Gasteiger partial charge on any atom is -0.494 e. The first kappa shape index (κ1) is 21.0. The largest absolute Gasteiger partial charge is 0.494 e. The molecule has 2 amide bonds. The molecule has 1 heterocycles. The second-order valence-electron chi connectivity index (χ2n) is 9.57. The highest BCUT2D eigenvalue weighted by atomic mass is 32.2. The van der Waals surface area contributed by atoms with E-state index < -0.39 is 0 Å². The SMILES string of the molecule is CCCOc1ccc(/C=C2\SC(=S)N(NC(=O)C34CC5CC(CC(C5)C3)C4)C2=O)cc1. The van der Waals surface area contributed by atoms with Crippen molar-refractivity contribution in [2.24, 2.45) is 23.2 Å². The molecule has 0 atom stereocenters. The summed E-state index contributed by atoms with van der Waals surface area (Å²) in [5, 5.41) is 1.28. The molecule has 5 nitrogen and oxygen atoms in total. The fourth-order valence-electron chi connectivity index (χ4n) is 6.20. The number of thiocarbonyl (C=S) groups is 1. The van der Waals surface area contributed by atoms with Gasteiger partial charge in [-0.25, -0.2) is 0 Å². The zero-order valence-corrected chi connectivity index (χ0v) is 19.4. The molecule has 6 rings (SSSR count). The van der Waals surface area contributed by atoms with E-state index in [1.165, 1.54) is 36.0 Å². The van der Waals surface area contributed by atoms with Gasteiger partial charge >= 0.3 is 0 Å². The van der Waals surface area contributed by atoms with E-state index in [2.05, 4.69) is 12.3 Å². The molecule has 5 aliphatic rings. The number of nitrogens with one attached hydrogen (secondary N) is 1. The van der Waals surface area contributed by atoms with Gasteiger partial charge in [0.15, 0.2) is 4.32 Å². The predicted molar refractivity (Wildman–Crippen MR) is 126 cm³/mol.